The quantitative estimate of drug-likeness (QED) is 0.864. The summed E-state index contributed by atoms with van der Waals surface area (Å²) in [5, 5.41) is 9.18. The molecule has 1 unspecified atom stereocenters. The summed E-state index contributed by atoms with van der Waals surface area (Å²) >= 11 is 0. The van der Waals surface area contributed by atoms with Crippen LogP contribution in [0.15, 0.2) is 24.3 Å². The largest absolute Gasteiger partial charge is 0.392 e. The summed E-state index contributed by atoms with van der Waals surface area (Å²) in [6.07, 6.45) is 4.60. The summed E-state index contributed by atoms with van der Waals surface area (Å²) in [6.45, 7) is 7.49. The van der Waals surface area contributed by atoms with E-state index in [4.69, 9.17) is 0 Å². The molecule has 1 spiro atoms. The first-order chi connectivity index (χ1) is 12.9. The van der Waals surface area contributed by atoms with E-state index in [0.717, 1.165) is 57.4 Å². The van der Waals surface area contributed by atoms with Crippen LogP contribution in [0.3, 0.4) is 0 Å². The second-order valence-corrected chi connectivity index (χ2v) is 8.68. The zero-order valence-electron chi connectivity index (χ0n) is 16.6. The van der Waals surface area contributed by atoms with E-state index in [0.29, 0.717) is 17.9 Å². The third-order valence-corrected chi connectivity index (χ3v) is 6.06. The number of likely N-dealkylation sites (tertiary alicyclic amines) is 2. The molecule has 5 nitrogen and oxygen atoms in total. The minimum Gasteiger partial charge on any atom is -0.392 e. The molecule has 1 aromatic rings. The fourth-order valence-corrected chi connectivity index (χ4v) is 4.37. The maximum absolute atomic E-state index is 13.0. The molecule has 0 saturated carbocycles. The van der Waals surface area contributed by atoms with Crippen molar-refractivity contribution < 1.29 is 14.7 Å². The zero-order chi connectivity index (χ0) is 19.4. The molecule has 0 radical (unpaired) electrons. The smallest absolute Gasteiger partial charge is 0.253 e. The van der Waals surface area contributed by atoms with E-state index >= 15 is 0 Å². The average molecular weight is 373 g/mol. The van der Waals surface area contributed by atoms with Gasteiger partial charge >= 0.3 is 0 Å². The lowest BCUT2D eigenvalue weighted by molar-refractivity contribution is -0.139. The number of amides is 2. The molecule has 0 bridgehead atoms. The molecule has 1 N–H and O–H groups in total. The lowest BCUT2D eigenvalue weighted by Crippen LogP contribution is -2.55. The summed E-state index contributed by atoms with van der Waals surface area (Å²) in [5.41, 5.74) is 1.53. The number of aliphatic hydroxyl groups excluding tert-OH is 1. The Labute approximate surface area is 162 Å². The number of rotatable bonds is 5. The zero-order valence-corrected chi connectivity index (χ0v) is 16.6. The minimum absolute atomic E-state index is 0.0124. The van der Waals surface area contributed by atoms with Crippen LogP contribution in [-0.2, 0) is 11.4 Å². The molecule has 1 aromatic carbocycles. The van der Waals surface area contributed by atoms with Crippen LogP contribution in [0.2, 0.25) is 0 Å². The van der Waals surface area contributed by atoms with Crippen LogP contribution in [0.25, 0.3) is 0 Å². The van der Waals surface area contributed by atoms with Gasteiger partial charge in [0.05, 0.1) is 6.61 Å². The number of carbonyl (C=O) groups excluding carboxylic acids is 2. The van der Waals surface area contributed by atoms with Gasteiger partial charge in [-0.3, -0.25) is 9.59 Å². The summed E-state index contributed by atoms with van der Waals surface area (Å²) in [5.74, 6) is 0.913. The second kappa shape index (κ2) is 8.42. The van der Waals surface area contributed by atoms with Crippen LogP contribution < -0.4 is 0 Å². The fraction of sp³-hybridized carbons (Fsp3) is 0.636. The Kier molecular flexibility index (Phi) is 6.20. The van der Waals surface area contributed by atoms with Gasteiger partial charge in [-0.05, 0) is 49.3 Å². The van der Waals surface area contributed by atoms with Crippen molar-refractivity contribution in [3.63, 3.8) is 0 Å². The highest BCUT2D eigenvalue weighted by Crippen LogP contribution is 2.39. The lowest BCUT2D eigenvalue weighted by Gasteiger charge is -2.48. The number of benzene rings is 1. The van der Waals surface area contributed by atoms with Crippen molar-refractivity contribution >= 4 is 11.8 Å². The van der Waals surface area contributed by atoms with E-state index < -0.39 is 0 Å². The van der Waals surface area contributed by atoms with E-state index in [1.807, 2.05) is 9.80 Å². The van der Waals surface area contributed by atoms with Crippen molar-refractivity contribution in [3.05, 3.63) is 35.4 Å². The number of carbonyl (C=O) groups is 2. The highest BCUT2D eigenvalue weighted by atomic mass is 16.3. The standard InChI is InChI=1S/C22H32N2O3/c1-17(2)9-13-23-15-22(11-8-20(23)26)10-3-12-24(16-22)21(27)19-6-4-18(14-25)5-7-19/h4-7,17,25H,3,8-16H2,1-2H3. The number of hydrogen-bond acceptors (Lipinski definition) is 3. The average Bonchev–Trinajstić information content (AvgIpc) is 2.68. The van der Waals surface area contributed by atoms with Gasteiger partial charge in [0.15, 0.2) is 0 Å². The SMILES string of the molecule is CC(C)CCN1CC2(CCCN(C(=O)c3ccc(CO)cc3)C2)CCC1=O. The first-order valence-electron chi connectivity index (χ1n) is 10.2. The molecule has 2 fully saturated rings. The van der Waals surface area contributed by atoms with Crippen LogP contribution in [0, 0.1) is 11.3 Å². The molecule has 27 heavy (non-hydrogen) atoms. The number of nitrogens with zero attached hydrogens (tertiary/aromatic N) is 2. The van der Waals surface area contributed by atoms with E-state index in [1.54, 1.807) is 24.3 Å². The molecule has 5 heteroatoms. The van der Waals surface area contributed by atoms with Gasteiger partial charge in [-0.25, -0.2) is 0 Å². The topological polar surface area (TPSA) is 60.9 Å². The van der Waals surface area contributed by atoms with Crippen molar-refractivity contribution in [2.75, 3.05) is 26.2 Å². The van der Waals surface area contributed by atoms with Crippen LogP contribution in [0.4, 0.5) is 0 Å². The predicted molar refractivity (Wildman–Crippen MR) is 105 cm³/mol. The molecule has 3 rings (SSSR count). The Morgan fingerprint density at radius 3 is 2.59 bits per heavy atom. The molecular weight excluding hydrogens is 340 g/mol. The van der Waals surface area contributed by atoms with Gasteiger partial charge in [0.25, 0.3) is 5.91 Å². The van der Waals surface area contributed by atoms with E-state index in [2.05, 4.69) is 13.8 Å². The van der Waals surface area contributed by atoms with Gasteiger partial charge in [-0.1, -0.05) is 26.0 Å². The van der Waals surface area contributed by atoms with Crippen LogP contribution in [-0.4, -0.2) is 52.9 Å². The van der Waals surface area contributed by atoms with Crippen molar-refractivity contribution in [2.45, 2.75) is 52.6 Å². The summed E-state index contributed by atoms with van der Waals surface area (Å²) in [4.78, 5) is 29.3. The van der Waals surface area contributed by atoms with Crippen molar-refractivity contribution in [1.82, 2.24) is 9.80 Å². The molecule has 2 amide bonds. The van der Waals surface area contributed by atoms with Gasteiger partial charge in [-0.15, -0.1) is 0 Å². The Balaban J connectivity index is 1.68. The molecule has 148 valence electrons. The van der Waals surface area contributed by atoms with Crippen LogP contribution in [0.5, 0.6) is 0 Å². The van der Waals surface area contributed by atoms with Crippen molar-refractivity contribution in [3.8, 4) is 0 Å². The molecule has 0 aromatic heterocycles. The van der Waals surface area contributed by atoms with Gasteiger partial charge in [-0.2, -0.15) is 0 Å². The minimum atomic E-state index is -0.0124. The van der Waals surface area contributed by atoms with Crippen molar-refractivity contribution in [2.24, 2.45) is 11.3 Å². The lowest BCUT2D eigenvalue weighted by atomic mass is 9.73. The molecule has 1 atom stereocenters. The number of aliphatic hydroxyl groups is 1. The number of piperidine rings is 2. The molecule has 0 aliphatic carbocycles. The Bertz CT molecular complexity index is 671. The third kappa shape index (κ3) is 4.70. The highest BCUT2D eigenvalue weighted by molar-refractivity contribution is 5.94. The normalized spacial score (nSPS) is 23.3. The summed E-state index contributed by atoms with van der Waals surface area (Å²) < 4.78 is 0. The summed E-state index contributed by atoms with van der Waals surface area (Å²) in [7, 11) is 0. The van der Waals surface area contributed by atoms with Gasteiger partial charge in [0.2, 0.25) is 5.91 Å². The molecule has 2 aliphatic heterocycles. The van der Waals surface area contributed by atoms with Crippen LogP contribution in [0.1, 0.15) is 61.9 Å². The Hall–Kier alpha value is -1.88. The maximum Gasteiger partial charge on any atom is 0.253 e. The maximum atomic E-state index is 13.0. The van der Waals surface area contributed by atoms with Crippen LogP contribution >= 0.6 is 0 Å². The first kappa shape index (κ1) is 19.9. The Morgan fingerprint density at radius 1 is 1.19 bits per heavy atom. The van der Waals surface area contributed by atoms with E-state index in [9.17, 15) is 14.7 Å². The second-order valence-electron chi connectivity index (χ2n) is 8.68. The van der Waals surface area contributed by atoms with E-state index in [1.165, 1.54) is 0 Å². The van der Waals surface area contributed by atoms with Gasteiger partial charge < -0.3 is 14.9 Å². The van der Waals surface area contributed by atoms with Crippen molar-refractivity contribution in [1.29, 1.82) is 0 Å². The van der Waals surface area contributed by atoms with Gasteiger partial charge in [0.1, 0.15) is 0 Å². The predicted octanol–water partition coefficient (Wildman–Crippen LogP) is 3.07. The van der Waals surface area contributed by atoms with Gasteiger partial charge in [0, 0.05) is 43.6 Å². The molecular formula is C22H32N2O3. The monoisotopic (exact) mass is 372 g/mol. The Morgan fingerprint density at radius 2 is 1.93 bits per heavy atom. The highest BCUT2D eigenvalue weighted by Gasteiger charge is 2.42. The summed E-state index contributed by atoms with van der Waals surface area (Å²) in [6, 6.07) is 7.21. The molecule has 2 aliphatic rings. The molecule has 2 saturated heterocycles. The first-order valence-corrected chi connectivity index (χ1v) is 10.2. The number of hydrogen-bond donors (Lipinski definition) is 1. The molecule has 2 heterocycles. The fourth-order valence-electron chi connectivity index (χ4n) is 4.37. The van der Waals surface area contributed by atoms with E-state index in [-0.39, 0.29) is 23.8 Å². The third-order valence-electron chi connectivity index (χ3n) is 6.06.